The molecule has 0 fully saturated rings. The van der Waals surface area contributed by atoms with Gasteiger partial charge in [-0.1, -0.05) is 25.8 Å². The van der Waals surface area contributed by atoms with Crippen LogP contribution in [-0.2, 0) is 16.5 Å². The van der Waals surface area contributed by atoms with Crippen molar-refractivity contribution in [2.75, 3.05) is 46.0 Å². The first-order valence-corrected chi connectivity index (χ1v) is 17.8. The average Bonchev–Trinajstić information content (AvgIpc) is 3.76. The molecular formula is C42H43N7O7. The van der Waals surface area contributed by atoms with Gasteiger partial charge in [0.25, 0.3) is 0 Å². The van der Waals surface area contributed by atoms with E-state index in [0.717, 1.165) is 33.1 Å². The van der Waals surface area contributed by atoms with Gasteiger partial charge in [0.1, 0.15) is 36.9 Å². The highest BCUT2D eigenvalue weighted by atomic mass is 16.5. The number of anilines is 2. The van der Waals surface area contributed by atoms with Crippen molar-refractivity contribution in [1.29, 1.82) is 0 Å². The van der Waals surface area contributed by atoms with Crippen LogP contribution in [0.2, 0.25) is 0 Å². The number of hydrogen-bond acceptors (Lipinski definition) is 11. The number of phenolic OH excluding ortho intramolecular Hbond substituents is 2. The fourth-order valence-corrected chi connectivity index (χ4v) is 6.04. The molecule has 0 aliphatic rings. The lowest BCUT2D eigenvalue weighted by Gasteiger charge is -2.15. The number of phenols is 2. The number of benzene rings is 4. The lowest BCUT2D eigenvalue weighted by atomic mass is 9.98. The summed E-state index contributed by atoms with van der Waals surface area (Å²) in [5.74, 6) is 4.65. The normalized spacial score (nSPS) is 11.0. The van der Waals surface area contributed by atoms with Gasteiger partial charge in [0.2, 0.25) is 0 Å². The number of rotatable bonds is 13. The van der Waals surface area contributed by atoms with Gasteiger partial charge in [-0.3, -0.25) is 0 Å². The molecule has 288 valence electrons. The second-order valence-corrected chi connectivity index (χ2v) is 13.0. The molecule has 3 heterocycles. The second-order valence-electron chi connectivity index (χ2n) is 13.0. The maximum atomic E-state index is 12.5. The molecule has 0 spiro atoms. The molecule has 0 bridgehead atoms. The van der Waals surface area contributed by atoms with E-state index in [-0.39, 0.29) is 23.2 Å². The molecule has 0 amide bonds. The molecular weight excluding hydrogens is 715 g/mol. The minimum Gasteiger partial charge on any atom is -0.508 e. The Kier molecular flexibility index (Phi) is 12.2. The Hall–Kier alpha value is -6.82. The van der Waals surface area contributed by atoms with Crippen LogP contribution in [0.3, 0.4) is 0 Å². The number of methoxy groups -OCH3 is 2. The number of aryl methyl sites for hydroxylation is 1. The van der Waals surface area contributed by atoms with Crippen molar-refractivity contribution in [3.8, 4) is 52.4 Å². The molecule has 3 aromatic heterocycles. The summed E-state index contributed by atoms with van der Waals surface area (Å²) in [5.41, 5.74) is 4.67. The number of nitrogens with one attached hydrogen (secondary N) is 2. The van der Waals surface area contributed by atoms with E-state index in [1.54, 1.807) is 20.3 Å². The molecule has 0 saturated heterocycles. The van der Waals surface area contributed by atoms with Gasteiger partial charge < -0.3 is 39.0 Å². The Morgan fingerprint density at radius 2 is 1.64 bits per heavy atom. The standard InChI is InChI=1S/C22H23N3O4.C20H20N4O3/c1-4-16-6-5-7-17(12-16)25-22-18-13-20(28-10-8-26-2)21(29-11-9-27-3)14-19(18)23-15-24-22;1-11(2)14-9-15(18(26)10-17(14)25)19-21-22-20(27)24(19)13-4-5-16-12(8-13)6-7-23(16)3/h1,5-7,12-15H,8-11H2,2-3H3,(H,23,24,25);4-11,25-26H,1-3H3,(H,22,27). The fourth-order valence-electron chi connectivity index (χ4n) is 6.04. The SMILES string of the molecule is C#Cc1cccc(Nc2ncnc3cc(OCCOC)c(OCCOC)cc23)c1.CC(C)c1cc(-c2n[nH]c(=O)n2-c2ccc3c(ccn3C)c2)c(O)cc1O. The summed E-state index contributed by atoms with van der Waals surface area (Å²) >= 11 is 0. The zero-order valence-electron chi connectivity index (χ0n) is 31.7. The van der Waals surface area contributed by atoms with Crippen LogP contribution < -0.4 is 20.5 Å². The smallest absolute Gasteiger partial charge is 0.348 e. The Morgan fingerprint density at radius 1 is 0.893 bits per heavy atom. The van der Waals surface area contributed by atoms with Gasteiger partial charge in [-0.25, -0.2) is 24.4 Å². The van der Waals surface area contributed by atoms with Crippen LogP contribution in [0.4, 0.5) is 11.5 Å². The molecule has 56 heavy (non-hydrogen) atoms. The van der Waals surface area contributed by atoms with Crippen molar-refractivity contribution in [3.05, 3.63) is 107 Å². The van der Waals surface area contributed by atoms with Gasteiger partial charge in [0, 0.05) is 67.1 Å². The zero-order valence-corrected chi connectivity index (χ0v) is 31.7. The van der Waals surface area contributed by atoms with Gasteiger partial charge >= 0.3 is 5.69 Å². The summed E-state index contributed by atoms with van der Waals surface area (Å²) in [6.07, 6.45) is 8.95. The summed E-state index contributed by atoms with van der Waals surface area (Å²) in [4.78, 5) is 21.2. The van der Waals surface area contributed by atoms with Crippen LogP contribution in [0.1, 0.15) is 30.9 Å². The Bertz CT molecular complexity index is 2570. The summed E-state index contributed by atoms with van der Waals surface area (Å²) < 4.78 is 25.2. The minimum absolute atomic E-state index is 0.0152. The molecule has 0 unspecified atom stereocenters. The topological polar surface area (TPSA) is 171 Å². The predicted molar refractivity (Wildman–Crippen MR) is 215 cm³/mol. The number of aromatic amines is 1. The van der Waals surface area contributed by atoms with E-state index in [4.69, 9.17) is 25.4 Å². The molecule has 7 aromatic rings. The number of fused-ring (bicyclic) bond motifs is 2. The van der Waals surface area contributed by atoms with Crippen molar-refractivity contribution in [3.63, 3.8) is 0 Å². The number of aromatic hydroxyl groups is 2. The molecule has 0 saturated carbocycles. The highest BCUT2D eigenvalue weighted by Crippen LogP contribution is 2.38. The van der Waals surface area contributed by atoms with E-state index >= 15 is 0 Å². The first-order chi connectivity index (χ1) is 27.1. The van der Waals surface area contributed by atoms with Crippen LogP contribution in [0.5, 0.6) is 23.0 Å². The monoisotopic (exact) mass is 757 g/mol. The van der Waals surface area contributed by atoms with Gasteiger partial charge in [0.15, 0.2) is 17.3 Å². The van der Waals surface area contributed by atoms with Crippen molar-refractivity contribution >= 4 is 33.3 Å². The van der Waals surface area contributed by atoms with Crippen molar-refractivity contribution < 1.29 is 29.2 Å². The van der Waals surface area contributed by atoms with Crippen molar-refractivity contribution in [1.82, 2.24) is 29.3 Å². The fraction of sp³-hybridized carbons (Fsp3) is 0.238. The maximum Gasteiger partial charge on any atom is 0.348 e. The van der Waals surface area contributed by atoms with E-state index in [2.05, 4.69) is 31.4 Å². The summed E-state index contributed by atoms with van der Waals surface area (Å²) in [7, 11) is 5.21. The van der Waals surface area contributed by atoms with Crippen molar-refractivity contribution in [2.45, 2.75) is 19.8 Å². The van der Waals surface area contributed by atoms with Gasteiger partial charge in [-0.05, 0) is 66.1 Å². The predicted octanol–water partition coefficient (Wildman–Crippen LogP) is 6.66. The van der Waals surface area contributed by atoms with Crippen LogP contribution in [-0.4, -0.2) is 80.2 Å². The third-order valence-corrected chi connectivity index (χ3v) is 8.89. The number of nitrogens with zero attached hydrogens (tertiary/aromatic N) is 5. The molecule has 4 N–H and O–H groups in total. The Balaban J connectivity index is 0.000000190. The van der Waals surface area contributed by atoms with E-state index in [1.807, 2.05) is 92.3 Å². The average molecular weight is 758 g/mol. The van der Waals surface area contributed by atoms with Crippen LogP contribution in [0.15, 0.2) is 90.1 Å². The second kappa shape index (κ2) is 17.5. The Morgan fingerprint density at radius 3 is 2.36 bits per heavy atom. The third kappa shape index (κ3) is 8.60. The van der Waals surface area contributed by atoms with E-state index in [1.165, 1.54) is 17.0 Å². The van der Waals surface area contributed by atoms with Crippen LogP contribution >= 0.6 is 0 Å². The highest BCUT2D eigenvalue weighted by Gasteiger charge is 2.20. The van der Waals surface area contributed by atoms with Crippen LogP contribution in [0, 0.1) is 12.3 Å². The van der Waals surface area contributed by atoms with Gasteiger partial charge in [0.05, 0.1) is 30.0 Å². The van der Waals surface area contributed by atoms with Crippen LogP contribution in [0.25, 0.3) is 38.9 Å². The minimum atomic E-state index is -0.404. The maximum absolute atomic E-state index is 12.5. The molecule has 14 nitrogen and oxygen atoms in total. The molecule has 0 aliphatic carbocycles. The van der Waals surface area contributed by atoms with E-state index < -0.39 is 5.69 Å². The van der Waals surface area contributed by atoms with E-state index in [9.17, 15) is 15.0 Å². The zero-order chi connectivity index (χ0) is 39.8. The molecule has 14 heteroatoms. The lowest BCUT2D eigenvalue weighted by Crippen LogP contribution is -2.15. The van der Waals surface area contributed by atoms with Crippen molar-refractivity contribution in [2.24, 2.45) is 7.05 Å². The molecule has 0 atom stereocenters. The largest absolute Gasteiger partial charge is 0.508 e. The number of aromatic nitrogens is 6. The summed E-state index contributed by atoms with van der Waals surface area (Å²) in [6, 6.07) is 21.9. The van der Waals surface area contributed by atoms with E-state index in [0.29, 0.717) is 60.6 Å². The molecule has 0 radical (unpaired) electrons. The Labute approximate surface area is 323 Å². The molecule has 0 aliphatic heterocycles. The molecule has 7 rings (SSSR count). The number of terminal acetylenes is 1. The summed E-state index contributed by atoms with van der Waals surface area (Å²) in [6.45, 7) is 5.61. The molecule has 4 aromatic carbocycles. The number of H-pyrrole nitrogens is 1. The quantitative estimate of drug-likeness (QED) is 0.0733. The van der Waals surface area contributed by atoms with Gasteiger partial charge in [-0.15, -0.1) is 6.42 Å². The third-order valence-electron chi connectivity index (χ3n) is 8.89. The first kappa shape index (κ1) is 38.9. The number of hydrogen-bond donors (Lipinski definition) is 4. The summed E-state index contributed by atoms with van der Waals surface area (Å²) in [5, 5.41) is 32.1. The van der Waals surface area contributed by atoms with Gasteiger partial charge in [-0.2, -0.15) is 5.10 Å². The highest BCUT2D eigenvalue weighted by molar-refractivity contribution is 5.93. The number of ether oxygens (including phenoxy) is 4. The lowest BCUT2D eigenvalue weighted by molar-refractivity contribution is 0.132. The first-order valence-electron chi connectivity index (χ1n) is 17.8.